The van der Waals surface area contributed by atoms with Crippen LogP contribution in [0.3, 0.4) is 0 Å². The van der Waals surface area contributed by atoms with Crippen LogP contribution in [0.2, 0.25) is 0 Å². The zero-order valence-corrected chi connectivity index (χ0v) is 21.5. The normalized spacial score (nSPS) is 19.5. The minimum Gasteiger partial charge on any atom is -0.383 e. The fourth-order valence-electron chi connectivity index (χ4n) is 3.91. The number of aliphatic imine (C=N–C) groups is 1. The Morgan fingerprint density at radius 1 is 1.32 bits per heavy atom. The summed E-state index contributed by atoms with van der Waals surface area (Å²) in [7, 11) is 3.47. The Bertz CT molecular complexity index is 895. The molecule has 0 radical (unpaired) electrons. The lowest BCUT2D eigenvalue weighted by Crippen LogP contribution is -2.38. The number of nitrogens with one attached hydrogen (secondary N) is 4. The van der Waals surface area contributed by atoms with Gasteiger partial charge in [0.25, 0.3) is 0 Å². The van der Waals surface area contributed by atoms with Crippen molar-refractivity contribution in [1.29, 1.82) is 10.8 Å². The second-order valence-electron chi connectivity index (χ2n) is 8.50. The molecule has 4 N–H and O–H groups in total. The largest absolute Gasteiger partial charge is 0.383 e. The van der Waals surface area contributed by atoms with Gasteiger partial charge in [-0.25, -0.2) is 0 Å². The maximum atomic E-state index is 8.35. The minimum absolute atomic E-state index is 0.184. The molecule has 188 valence electrons. The van der Waals surface area contributed by atoms with E-state index in [4.69, 9.17) is 20.4 Å². The van der Waals surface area contributed by atoms with E-state index in [9.17, 15) is 0 Å². The van der Waals surface area contributed by atoms with Gasteiger partial charge in [-0.3, -0.25) is 25.5 Å². The van der Waals surface area contributed by atoms with E-state index in [1.54, 1.807) is 27.2 Å². The Balaban J connectivity index is 2.17. The standard InChI is InChI=1S/C25H41N7O2/c1-8-22(24(28-6)17(3)14-23(27)32(9-2)19(5)26)18(4)29-25(20-10-11-20)30-21-15-31(34-16-21)12-13-33-7/h9,14,21,26-27,29-30H,2,8,10-13,15-16H2,1,3-7H3/b17-14+,22-18+,26-19?,27-23?,28-24-/t21-/m1/s1. The molecule has 1 atom stereocenters. The van der Waals surface area contributed by atoms with Crippen molar-refractivity contribution < 1.29 is 9.57 Å². The van der Waals surface area contributed by atoms with Crippen molar-refractivity contribution in [1.82, 2.24) is 20.6 Å². The molecule has 0 bridgehead atoms. The van der Waals surface area contributed by atoms with Crippen LogP contribution in [0.4, 0.5) is 0 Å². The summed E-state index contributed by atoms with van der Waals surface area (Å²) < 4.78 is 5.15. The molecule has 0 aromatic rings. The van der Waals surface area contributed by atoms with Crippen LogP contribution in [0.25, 0.3) is 0 Å². The number of hydrogen-bond donors (Lipinski definition) is 4. The highest BCUT2D eigenvalue weighted by Gasteiger charge is 2.27. The Morgan fingerprint density at radius 3 is 2.56 bits per heavy atom. The molecule has 0 aromatic heterocycles. The van der Waals surface area contributed by atoms with Crippen LogP contribution in [0, 0.1) is 10.8 Å². The van der Waals surface area contributed by atoms with Gasteiger partial charge in [0, 0.05) is 39.1 Å². The number of nitrogens with zero attached hydrogens (tertiary/aromatic N) is 3. The van der Waals surface area contributed by atoms with Crippen molar-refractivity contribution in [3.63, 3.8) is 0 Å². The molecule has 1 saturated carbocycles. The summed E-state index contributed by atoms with van der Waals surface area (Å²) in [6, 6.07) is 0.209. The van der Waals surface area contributed by atoms with Crippen molar-refractivity contribution in [2.75, 3.05) is 40.5 Å². The van der Waals surface area contributed by atoms with Crippen molar-refractivity contribution >= 4 is 17.4 Å². The Labute approximate surface area is 204 Å². The monoisotopic (exact) mass is 471 g/mol. The predicted molar refractivity (Wildman–Crippen MR) is 139 cm³/mol. The molecule has 34 heavy (non-hydrogen) atoms. The highest BCUT2D eigenvalue weighted by atomic mass is 16.7. The lowest BCUT2D eigenvalue weighted by molar-refractivity contribution is -0.118. The molecule has 0 unspecified atom stereocenters. The molecule has 0 aromatic carbocycles. The van der Waals surface area contributed by atoms with E-state index in [1.165, 1.54) is 16.7 Å². The molecular formula is C25H41N7O2. The first-order chi connectivity index (χ1) is 16.2. The van der Waals surface area contributed by atoms with E-state index in [-0.39, 0.29) is 17.7 Å². The average molecular weight is 472 g/mol. The minimum atomic E-state index is 0.184. The molecule has 0 amide bonds. The van der Waals surface area contributed by atoms with Gasteiger partial charge in [-0.2, -0.15) is 5.06 Å². The lowest BCUT2D eigenvalue weighted by Gasteiger charge is -2.22. The van der Waals surface area contributed by atoms with Gasteiger partial charge in [-0.15, -0.1) is 0 Å². The van der Waals surface area contributed by atoms with Crippen LogP contribution in [0.5, 0.6) is 0 Å². The summed E-state index contributed by atoms with van der Waals surface area (Å²) in [5.74, 6) is 1.49. The summed E-state index contributed by atoms with van der Waals surface area (Å²) in [6.45, 7) is 14.3. The Hall–Kier alpha value is -2.75. The van der Waals surface area contributed by atoms with E-state index in [0.29, 0.717) is 13.2 Å². The second-order valence-corrected chi connectivity index (χ2v) is 8.50. The van der Waals surface area contributed by atoms with Crippen molar-refractivity contribution in [3.05, 3.63) is 47.1 Å². The first-order valence-corrected chi connectivity index (χ1v) is 11.8. The number of allylic oxidation sites excluding steroid dienone is 4. The fourth-order valence-corrected chi connectivity index (χ4v) is 3.91. The number of hydrogen-bond acceptors (Lipinski definition) is 8. The summed E-state index contributed by atoms with van der Waals surface area (Å²) in [6.07, 6.45) is 6.18. The molecule has 1 heterocycles. The van der Waals surface area contributed by atoms with E-state index < -0.39 is 0 Å². The molecule has 2 rings (SSSR count). The first kappa shape index (κ1) is 27.5. The van der Waals surface area contributed by atoms with Crippen LogP contribution >= 0.6 is 0 Å². The second kappa shape index (κ2) is 13.2. The summed E-state index contributed by atoms with van der Waals surface area (Å²) >= 11 is 0. The lowest BCUT2D eigenvalue weighted by atomic mass is 9.98. The molecule has 1 aliphatic carbocycles. The maximum absolute atomic E-state index is 8.35. The fraction of sp³-hybridized carbons (Fsp3) is 0.560. The molecule has 0 spiro atoms. The smallest absolute Gasteiger partial charge is 0.130 e. The van der Waals surface area contributed by atoms with Gasteiger partial charge in [-0.1, -0.05) is 13.5 Å². The van der Waals surface area contributed by atoms with E-state index >= 15 is 0 Å². The molecular weight excluding hydrogens is 430 g/mol. The van der Waals surface area contributed by atoms with Gasteiger partial charge < -0.3 is 15.4 Å². The van der Waals surface area contributed by atoms with Gasteiger partial charge in [0.1, 0.15) is 17.5 Å². The molecule has 2 aliphatic rings. The van der Waals surface area contributed by atoms with Crippen LogP contribution in [0.15, 0.2) is 52.1 Å². The first-order valence-electron chi connectivity index (χ1n) is 11.8. The van der Waals surface area contributed by atoms with Crippen molar-refractivity contribution in [2.24, 2.45) is 4.99 Å². The number of hydroxylamine groups is 2. The number of rotatable bonds is 12. The summed E-state index contributed by atoms with van der Waals surface area (Å²) in [5, 5.41) is 25.4. The Kier molecular flexibility index (Phi) is 10.7. The maximum Gasteiger partial charge on any atom is 0.130 e. The Morgan fingerprint density at radius 2 is 2.03 bits per heavy atom. The molecule has 9 heteroatoms. The number of amidine groups is 2. The third-order valence-corrected chi connectivity index (χ3v) is 5.79. The van der Waals surface area contributed by atoms with E-state index in [1.807, 2.05) is 12.0 Å². The van der Waals surface area contributed by atoms with Gasteiger partial charge in [0.05, 0.1) is 25.0 Å². The van der Waals surface area contributed by atoms with Crippen LogP contribution in [0.1, 0.15) is 47.0 Å². The third kappa shape index (κ3) is 7.65. The van der Waals surface area contributed by atoms with E-state index in [2.05, 4.69) is 36.1 Å². The quantitative estimate of drug-likeness (QED) is 0.256. The molecule has 1 aliphatic heterocycles. The third-order valence-electron chi connectivity index (χ3n) is 5.79. The zero-order chi connectivity index (χ0) is 25.3. The van der Waals surface area contributed by atoms with Gasteiger partial charge in [0.2, 0.25) is 0 Å². The van der Waals surface area contributed by atoms with Gasteiger partial charge in [0.15, 0.2) is 0 Å². The summed E-state index contributed by atoms with van der Waals surface area (Å²) in [4.78, 5) is 11.7. The van der Waals surface area contributed by atoms with Crippen LogP contribution in [-0.4, -0.2) is 73.8 Å². The van der Waals surface area contributed by atoms with Crippen LogP contribution in [-0.2, 0) is 9.57 Å². The molecule has 2 fully saturated rings. The van der Waals surface area contributed by atoms with Crippen LogP contribution < -0.4 is 10.6 Å². The molecule has 9 nitrogen and oxygen atoms in total. The SMILES string of the molecule is C=CN(C(C)=N)C(=N)/C=C(C)/C(=N/C)C(/CC)=C(\C)NC(N[C@H]1CON(CCOC)C1)=C1CC1. The number of methoxy groups -OCH3 is 1. The average Bonchev–Trinajstić information content (AvgIpc) is 3.55. The van der Waals surface area contributed by atoms with Gasteiger partial charge in [-0.05, 0) is 62.8 Å². The number of ether oxygens (including phenoxy) is 1. The highest BCUT2D eigenvalue weighted by molar-refractivity contribution is 6.16. The van der Waals surface area contributed by atoms with Gasteiger partial charge >= 0.3 is 0 Å². The zero-order valence-electron chi connectivity index (χ0n) is 21.5. The summed E-state index contributed by atoms with van der Waals surface area (Å²) in [5.41, 5.74) is 5.22. The topological polar surface area (TPSA) is 109 Å². The molecule has 1 saturated heterocycles. The van der Waals surface area contributed by atoms with Crippen molar-refractivity contribution in [2.45, 2.75) is 53.0 Å². The van der Waals surface area contributed by atoms with Crippen molar-refractivity contribution in [3.8, 4) is 0 Å². The highest BCUT2D eigenvalue weighted by Crippen LogP contribution is 2.31. The predicted octanol–water partition coefficient (Wildman–Crippen LogP) is 3.55. The van der Waals surface area contributed by atoms with E-state index in [0.717, 1.165) is 60.7 Å².